The highest BCUT2D eigenvalue weighted by Gasteiger charge is 2.55. The van der Waals surface area contributed by atoms with Gasteiger partial charge in [-0.2, -0.15) is 0 Å². The molecule has 17 atom stereocenters. The van der Waals surface area contributed by atoms with Crippen LogP contribution in [-0.4, -0.2) is 122 Å². The lowest BCUT2D eigenvalue weighted by Crippen LogP contribution is -2.60. The minimum Gasteiger partial charge on any atom is -0.479 e. The van der Waals surface area contributed by atoms with Gasteiger partial charge in [0.05, 0.1) is 43.2 Å². The fourth-order valence-corrected chi connectivity index (χ4v) is 10.5. The van der Waals surface area contributed by atoms with Crippen molar-refractivity contribution in [3.63, 3.8) is 0 Å². The smallest absolute Gasteiger partial charge is 0.335 e. The van der Waals surface area contributed by atoms with Crippen molar-refractivity contribution in [2.75, 3.05) is 6.61 Å². The molecule has 7 aliphatic heterocycles. The van der Waals surface area contributed by atoms with E-state index in [1.807, 2.05) is 19.9 Å². The van der Waals surface area contributed by atoms with E-state index in [0.29, 0.717) is 56.4 Å². The zero-order valence-corrected chi connectivity index (χ0v) is 34.6. The number of aliphatic carboxylic acids is 1. The normalized spacial score (nSPS) is 45.4. The Labute approximate surface area is 337 Å². The Bertz CT molecular complexity index is 1510. The lowest BCUT2D eigenvalue weighted by atomic mass is 9.79. The van der Waals surface area contributed by atoms with Crippen LogP contribution < -0.4 is 0 Å². The van der Waals surface area contributed by atoms with Crippen molar-refractivity contribution >= 4 is 5.97 Å². The second kappa shape index (κ2) is 17.0. The van der Waals surface area contributed by atoms with E-state index in [2.05, 4.69) is 26.5 Å². The maximum absolute atomic E-state index is 11.6. The number of carbonyl (C=O) groups is 1. The van der Waals surface area contributed by atoms with Crippen molar-refractivity contribution in [2.24, 2.45) is 17.8 Å². The summed E-state index contributed by atoms with van der Waals surface area (Å²) in [7, 11) is 0. The van der Waals surface area contributed by atoms with Gasteiger partial charge in [-0.05, 0) is 95.1 Å². The molecule has 0 saturated carbocycles. The molecule has 0 aliphatic carbocycles. The first-order chi connectivity index (χ1) is 26.9. The van der Waals surface area contributed by atoms with E-state index in [1.54, 1.807) is 6.08 Å². The van der Waals surface area contributed by atoms with Crippen LogP contribution in [0.3, 0.4) is 0 Å². The third kappa shape index (κ3) is 9.15. The topological polar surface area (TPSA) is 183 Å². The fourth-order valence-electron chi connectivity index (χ4n) is 10.5. The van der Waals surface area contributed by atoms with Gasteiger partial charge >= 0.3 is 5.97 Å². The largest absolute Gasteiger partial charge is 0.479 e. The van der Waals surface area contributed by atoms with Crippen molar-refractivity contribution in [3.05, 3.63) is 36.0 Å². The molecule has 57 heavy (non-hydrogen) atoms. The monoisotopic (exact) mass is 804 g/mol. The van der Waals surface area contributed by atoms with Crippen LogP contribution in [0.15, 0.2) is 36.0 Å². The van der Waals surface area contributed by atoms with Gasteiger partial charge in [-0.15, -0.1) is 0 Å². The molecule has 0 radical (unpaired) electrons. The minimum atomic E-state index is -1.96. The van der Waals surface area contributed by atoms with Gasteiger partial charge in [0.15, 0.2) is 17.2 Å². The molecule has 7 rings (SSSR count). The molecule has 0 aromatic heterocycles. The molecule has 13 heteroatoms. The average molecular weight is 805 g/mol. The summed E-state index contributed by atoms with van der Waals surface area (Å²) < 4.78 is 45.2. The van der Waals surface area contributed by atoms with Gasteiger partial charge in [-0.1, -0.05) is 45.1 Å². The van der Waals surface area contributed by atoms with Crippen molar-refractivity contribution in [1.29, 1.82) is 0 Å². The minimum absolute atomic E-state index is 0.0423. The lowest BCUT2D eigenvalue weighted by molar-refractivity contribution is -0.321. The van der Waals surface area contributed by atoms with Gasteiger partial charge < -0.3 is 58.7 Å². The Balaban J connectivity index is 0.920. The number of rotatable bonds is 10. The van der Waals surface area contributed by atoms with E-state index >= 15 is 0 Å². The molecule has 13 nitrogen and oxygen atoms in total. The molecule has 6 fully saturated rings. The Kier molecular flexibility index (Phi) is 12.9. The van der Waals surface area contributed by atoms with Crippen LogP contribution >= 0.6 is 0 Å². The predicted octanol–water partition coefficient (Wildman–Crippen LogP) is 5.21. The number of hydrogen-bond donors (Lipinski definition) is 5. The fraction of sp³-hybridized carbons (Fsp3) is 0.841. The zero-order valence-electron chi connectivity index (χ0n) is 34.6. The molecule has 5 N–H and O–H groups in total. The summed E-state index contributed by atoms with van der Waals surface area (Å²) in [5.74, 6) is -3.82. The van der Waals surface area contributed by atoms with Crippen molar-refractivity contribution in [1.82, 2.24) is 0 Å². The SMILES string of the molecule is C=C1[C@@H](O)[C@@H]2O[C@@]3(CCC2O[C@@H]1[C@@H](O)C[C@H](C)[C@H]1O[C@@]2(CCCCO2)CC[C@H]1C)CC[C@H](/C=C/[C@@H](C)[C@@H]1CC(C)=C[C@@]2(O[C@H](C[C@@](C)(O)C(=O)O)CC[C@H]2O)O1)O3. The number of ether oxygens (including phenoxy) is 7. The molecule has 0 amide bonds. The predicted molar refractivity (Wildman–Crippen MR) is 208 cm³/mol. The van der Waals surface area contributed by atoms with Crippen LogP contribution in [-0.2, 0) is 38.0 Å². The maximum atomic E-state index is 11.6. The summed E-state index contributed by atoms with van der Waals surface area (Å²) in [6.07, 6.45) is 9.37. The van der Waals surface area contributed by atoms with Crippen LogP contribution in [0, 0.1) is 17.8 Å². The molecular weight excluding hydrogens is 736 g/mol. The number of aliphatic hydroxyl groups is 4. The third-order valence-electron chi connectivity index (χ3n) is 14.0. The Morgan fingerprint density at radius 3 is 2.49 bits per heavy atom. The van der Waals surface area contributed by atoms with Crippen LogP contribution in [0.25, 0.3) is 0 Å². The highest BCUT2D eigenvalue weighted by atomic mass is 16.7. The second-order valence-electron chi connectivity index (χ2n) is 18.9. The molecular formula is C44H68O13. The van der Waals surface area contributed by atoms with Crippen LogP contribution in [0.4, 0.5) is 0 Å². The first-order valence-electron chi connectivity index (χ1n) is 21.7. The number of carboxylic acids is 1. The maximum Gasteiger partial charge on any atom is 0.335 e. The van der Waals surface area contributed by atoms with Crippen LogP contribution in [0.1, 0.15) is 125 Å². The van der Waals surface area contributed by atoms with Crippen molar-refractivity contribution in [2.45, 2.75) is 209 Å². The van der Waals surface area contributed by atoms with Crippen molar-refractivity contribution in [3.8, 4) is 0 Å². The Morgan fingerprint density at radius 1 is 1.00 bits per heavy atom. The highest BCUT2D eigenvalue weighted by molar-refractivity contribution is 5.76. The second-order valence-corrected chi connectivity index (χ2v) is 18.9. The van der Waals surface area contributed by atoms with Crippen molar-refractivity contribution < 1.29 is 63.5 Å². The lowest BCUT2D eigenvalue weighted by Gasteiger charge is -2.50. The quantitative estimate of drug-likeness (QED) is 0.182. The third-order valence-corrected chi connectivity index (χ3v) is 14.0. The van der Waals surface area contributed by atoms with E-state index in [4.69, 9.17) is 33.2 Å². The number of fused-ring (bicyclic) bond motifs is 1. The highest BCUT2D eigenvalue weighted by Crippen LogP contribution is 2.47. The molecule has 0 bridgehead atoms. The Hall–Kier alpha value is -1.75. The summed E-state index contributed by atoms with van der Waals surface area (Å²) >= 11 is 0. The molecule has 3 spiro atoms. The van der Waals surface area contributed by atoms with E-state index < -0.39 is 71.7 Å². The van der Waals surface area contributed by atoms with E-state index in [1.165, 1.54) is 6.92 Å². The first kappa shape index (κ1) is 43.3. The molecule has 322 valence electrons. The van der Waals surface area contributed by atoms with Crippen LogP contribution in [0.2, 0.25) is 0 Å². The summed E-state index contributed by atoms with van der Waals surface area (Å²) in [4.78, 5) is 11.6. The molecule has 7 aliphatic rings. The van der Waals surface area contributed by atoms with Gasteiger partial charge in [-0.25, -0.2) is 4.79 Å². The van der Waals surface area contributed by atoms with Crippen LogP contribution in [0.5, 0.6) is 0 Å². The number of aliphatic hydroxyl groups excluding tert-OH is 3. The molecule has 7 heterocycles. The zero-order chi connectivity index (χ0) is 40.9. The van der Waals surface area contributed by atoms with Gasteiger partial charge in [0.25, 0.3) is 0 Å². The molecule has 1 unspecified atom stereocenters. The van der Waals surface area contributed by atoms with Gasteiger partial charge in [0.1, 0.15) is 24.4 Å². The molecule has 0 aromatic carbocycles. The standard InChI is InChI=1S/C44H68O13/c1-25-21-34(55-44(23-25)35(46)12-11-31(54-44)24-41(6,50)40(48)49)26(2)9-10-30-14-18-43(53-30)19-15-33-39(57-43)36(47)29(5)38(52-33)32(45)22-28(4)37-27(3)13-17-42(56-37)16-7-8-20-51-42/h9-10,23,26-28,30-39,45-47,50H,5,7-8,11-22,24H2,1-4,6H3,(H,48,49)/b10-9+/t26-,27-,28+,30+,31+,32+,33?,34+,35-,36-,37+,38+,39-,41-,42+,43-,44-/m1/s1. The van der Waals surface area contributed by atoms with E-state index in [9.17, 15) is 30.3 Å². The van der Waals surface area contributed by atoms with E-state index in [0.717, 1.165) is 50.7 Å². The Morgan fingerprint density at radius 2 is 1.75 bits per heavy atom. The van der Waals surface area contributed by atoms with Gasteiger partial charge in [0, 0.05) is 38.0 Å². The average Bonchev–Trinajstić information content (AvgIpc) is 3.56. The van der Waals surface area contributed by atoms with Gasteiger partial charge in [-0.3, -0.25) is 0 Å². The summed E-state index contributed by atoms with van der Waals surface area (Å²) in [6, 6.07) is 0. The van der Waals surface area contributed by atoms with Gasteiger partial charge in [0.2, 0.25) is 5.79 Å². The molecule has 6 saturated heterocycles. The number of carboxylic acid groups (broad SMARTS) is 1. The summed E-state index contributed by atoms with van der Waals surface area (Å²) in [6.45, 7) is 14.5. The summed E-state index contributed by atoms with van der Waals surface area (Å²) in [5.41, 5.74) is -0.551. The number of hydrogen-bond acceptors (Lipinski definition) is 12. The molecule has 0 aromatic rings. The summed E-state index contributed by atoms with van der Waals surface area (Å²) in [5, 5.41) is 54.0. The van der Waals surface area contributed by atoms with E-state index in [-0.39, 0.29) is 36.6 Å². The first-order valence-corrected chi connectivity index (χ1v) is 21.7.